The third-order valence-corrected chi connectivity index (χ3v) is 6.24. The second kappa shape index (κ2) is 6.03. The minimum absolute atomic E-state index is 0.146. The Morgan fingerprint density at radius 1 is 1.12 bits per heavy atom. The topological polar surface area (TPSA) is 56.0 Å². The van der Waals surface area contributed by atoms with Crippen LogP contribution in [0.3, 0.4) is 0 Å². The quantitative estimate of drug-likeness (QED) is 0.617. The summed E-state index contributed by atoms with van der Waals surface area (Å²) in [6.45, 7) is 0. The summed E-state index contributed by atoms with van der Waals surface area (Å²) in [5, 5.41) is 1.66. The van der Waals surface area contributed by atoms with Crippen molar-refractivity contribution in [2.75, 3.05) is 5.73 Å². The van der Waals surface area contributed by atoms with Gasteiger partial charge in [0, 0.05) is 16.6 Å². The van der Waals surface area contributed by atoms with Gasteiger partial charge in [-0.1, -0.05) is 23.2 Å². The third kappa shape index (κ3) is 2.59. The number of nitrogen functional groups attached to an aromatic ring is 1. The molecule has 0 amide bonds. The molecule has 122 valence electrons. The summed E-state index contributed by atoms with van der Waals surface area (Å²) < 4.78 is 0. The van der Waals surface area contributed by atoms with E-state index in [-0.39, 0.29) is 5.78 Å². The molecule has 1 aliphatic rings. The van der Waals surface area contributed by atoms with Crippen LogP contribution >= 0.6 is 34.5 Å². The number of pyridine rings is 1. The molecule has 1 aliphatic carbocycles. The summed E-state index contributed by atoms with van der Waals surface area (Å²) in [6.07, 6.45) is 4.38. The zero-order valence-corrected chi connectivity index (χ0v) is 15.1. The Labute approximate surface area is 153 Å². The van der Waals surface area contributed by atoms with Gasteiger partial charge in [-0.2, -0.15) is 0 Å². The summed E-state index contributed by atoms with van der Waals surface area (Å²) in [7, 11) is 0. The number of carbonyl (C=O) groups excluding carboxylic acids is 1. The van der Waals surface area contributed by atoms with Crippen LogP contribution in [0, 0.1) is 0 Å². The predicted molar refractivity (Wildman–Crippen MR) is 101 cm³/mol. The van der Waals surface area contributed by atoms with Gasteiger partial charge < -0.3 is 5.73 Å². The molecule has 0 saturated heterocycles. The van der Waals surface area contributed by atoms with E-state index in [2.05, 4.69) is 6.07 Å². The highest BCUT2D eigenvalue weighted by Gasteiger charge is 2.21. The molecule has 0 aliphatic heterocycles. The van der Waals surface area contributed by atoms with Gasteiger partial charge in [-0.05, 0) is 55.5 Å². The highest BCUT2D eigenvalue weighted by atomic mass is 35.5. The molecule has 0 unspecified atom stereocenters. The highest BCUT2D eigenvalue weighted by Crippen LogP contribution is 2.37. The molecule has 2 heterocycles. The minimum atomic E-state index is -0.146. The Kier molecular flexibility index (Phi) is 3.99. The van der Waals surface area contributed by atoms with E-state index in [9.17, 15) is 4.79 Å². The predicted octanol–water partition coefficient (Wildman–Crippen LogP) is 5.30. The van der Waals surface area contributed by atoms with Gasteiger partial charge in [-0.15, -0.1) is 11.3 Å². The molecular weight excluding hydrogens is 363 g/mol. The van der Waals surface area contributed by atoms with Gasteiger partial charge in [-0.3, -0.25) is 4.79 Å². The summed E-state index contributed by atoms with van der Waals surface area (Å²) in [4.78, 5) is 18.9. The van der Waals surface area contributed by atoms with E-state index in [1.165, 1.54) is 29.7 Å². The van der Waals surface area contributed by atoms with Crippen LogP contribution in [0.2, 0.25) is 10.0 Å². The maximum atomic E-state index is 12.8. The Morgan fingerprint density at radius 2 is 1.92 bits per heavy atom. The second-order valence-electron chi connectivity index (χ2n) is 5.96. The molecule has 1 aromatic carbocycles. The Bertz CT molecular complexity index is 981. The molecule has 0 fully saturated rings. The van der Waals surface area contributed by atoms with Crippen molar-refractivity contribution >= 4 is 56.2 Å². The number of aromatic nitrogens is 1. The number of fused-ring (bicyclic) bond motifs is 2. The van der Waals surface area contributed by atoms with E-state index < -0.39 is 0 Å². The average Bonchev–Trinajstić information content (AvgIpc) is 2.91. The van der Waals surface area contributed by atoms with Gasteiger partial charge in [0.25, 0.3) is 0 Å². The minimum Gasteiger partial charge on any atom is -0.397 e. The first-order valence-electron chi connectivity index (χ1n) is 7.75. The van der Waals surface area contributed by atoms with Gasteiger partial charge in [0.1, 0.15) is 9.71 Å². The molecule has 4 rings (SSSR count). The zero-order valence-electron chi connectivity index (χ0n) is 12.7. The van der Waals surface area contributed by atoms with Crippen molar-refractivity contribution in [3.8, 4) is 0 Å². The molecule has 2 N–H and O–H groups in total. The van der Waals surface area contributed by atoms with Crippen molar-refractivity contribution < 1.29 is 4.79 Å². The molecule has 3 aromatic rings. The summed E-state index contributed by atoms with van der Waals surface area (Å²) in [6, 6.07) is 6.97. The van der Waals surface area contributed by atoms with E-state index >= 15 is 0 Å². The maximum Gasteiger partial charge on any atom is 0.205 e. The number of rotatable bonds is 2. The van der Waals surface area contributed by atoms with E-state index in [1.54, 1.807) is 18.2 Å². The first-order valence-corrected chi connectivity index (χ1v) is 9.32. The molecule has 0 atom stereocenters. The fraction of sp³-hybridized carbons (Fsp3) is 0.222. The fourth-order valence-corrected chi connectivity index (χ4v) is 4.45. The van der Waals surface area contributed by atoms with Crippen LogP contribution < -0.4 is 5.73 Å². The van der Waals surface area contributed by atoms with Crippen LogP contribution in [-0.2, 0) is 12.8 Å². The lowest BCUT2D eigenvalue weighted by Gasteiger charge is -2.14. The molecule has 2 aromatic heterocycles. The number of ketones is 1. The smallest absolute Gasteiger partial charge is 0.205 e. The van der Waals surface area contributed by atoms with Gasteiger partial charge in [0.05, 0.1) is 15.7 Å². The van der Waals surface area contributed by atoms with Crippen LogP contribution in [-0.4, -0.2) is 10.8 Å². The lowest BCUT2D eigenvalue weighted by Crippen LogP contribution is -2.05. The number of benzene rings is 1. The zero-order chi connectivity index (χ0) is 16.8. The van der Waals surface area contributed by atoms with E-state index in [0.29, 0.717) is 26.2 Å². The fourth-order valence-electron chi connectivity index (χ4n) is 3.10. The Morgan fingerprint density at radius 3 is 2.71 bits per heavy atom. The molecule has 0 saturated carbocycles. The number of thiophene rings is 1. The lowest BCUT2D eigenvalue weighted by molar-refractivity contribution is 0.104. The van der Waals surface area contributed by atoms with Crippen LogP contribution in [0.15, 0.2) is 24.3 Å². The van der Waals surface area contributed by atoms with Crippen molar-refractivity contribution in [1.82, 2.24) is 4.98 Å². The summed E-state index contributed by atoms with van der Waals surface area (Å²) in [5.41, 5.74) is 9.65. The molecule has 0 radical (unpaired) electrons. The second-order valence-corrected chi connectivity index (χ2v) is 7.77. The molecule has 6 heteroatoms. The third-order valence-electron chi connectivity index (χ3n) is 4.39. The summed E-state index contributed by atoms with van der Waals surface area (Å²) >= 11 is 13.3. The number of nitrogens with zero attached hydrogens (tertiary/aromatic N) is 1. The van der Waals surface area contributed by atoms with Crippen LogP contribution in [0.25, 0.3) is 10.2 Å². The number of carbonyl (C=O) groups is 1. The number of hydrogen-bond donors (Lipinski definition) is 1. The number of hydrogen-bond acceptors (Lipinski definition) is 4. The monoisotopic (exact) mass is 376 g/mol. The highest BCUT2D eigenvalue weighted by molar-refractivity contribution is 7.21. The number of anilines is 1. The van der Waals surface area contributed by atoms with E-state index in [1.807, 2.05) is 0 Å². The van der Waals surface area contributed by atoms with Crippen molar-refractivity contribution in [1.29, 1.82) is 0 Å². The van der Waals surface area contributed by atoms with Crippen LogP contribution in [0.5, 0.6) is 0 Å². The number of nitrogens with two attached hydrogens (primary N) is 1. The molecule has 3 nitrogen and oxygen atoms in total. The van der Waals surface area contributed by atoms with Crippen molar-refractivity contribution in [2.45, 2.75) is 25.7 Å². The van der Waals surface area contributed by atoms with E-state index in [4.69, 9.17) is 33.9 Å². The molecule has 24 heavy (non-hydrogen) atoms. The first kappa shape index (κ1) is 15.9. The van der Waals surface area contributed by atoms with Gasteiger partial charge >= 0.3 is 0 Å². The van der Waals surface area contributed by atoms with E-state index in [0.717, 1.165) is 28.8 Å². The van der Waals surface area contributed by atoms with Crippen LogP contribution in [0.4, 0.5) is 5.69 Å². The normalized spacial score (nSPS) is 13.9. The Hall–Kier alpha value is -1.62. The molecule has 0 bridgehead atoms. The number of aryl methyl sites for hydroxylation is 2. The van der Waals surface area contributed by atoms with Crippen molar-refractivity contribution in [2.24, 2.45) is 0 Å². The first-order chi connectivity index (χ1) is 11.5. The average molecular weight is 377 g/mol. The number of halogens is 2. The maximum absolute atomic E-state index is 12.8. The molecule has 0 spiro atoms. The van der Waals surface area contributed by atoms with Crippen molar-refractivity contribution in [3.05, 3.63) is 56.0 Å². The standard InChI is InChI=1S/C18H14Cl2N2OS/c19-12-6-5-10(8-13(12)20)16(23)17-15(21)11-7-9-3-1-2-4-14(9)22-18(11)24-17/h5-8H,1-4,21H2. The van der Waals surface area contributed by atoms with Crippen LogP contribution in [0.1, 0.15) is 39.3 Å². The Balaban J connectivity index is 1.82. The lowest BCUT2D eigenvalue weighted by atomic mass is 9.95. The van der Waals surface area contributed by atoms with Gasteiger partial charge in [0.2, 0.25) is 5.78 Å². The van der Waals surface area contributed by atoms with Gasteiger partial charge in [-0.25, -0.2) is 4.98 Å². The van der Waals surface area contributed by atoms with Gasteiger partial charge in [0.15, 0.2) is 0 Å². The SMILES string of the molecule is Nc1c(C(=O)c2ccc(Cl)c(Cl)c2)sc2nc3c(cc12)CCCC3. The van der Waals surface area contributed by atoms with Crippen molar-refractivity contribution in [3.63, 3.8) is 0 Å². The molecular formula is C18H14Cl2N2OS. The summed E-state index contributed by atoms with van der Waals surface area (Å²) in [5.74, 6) is -0.146. The largest absolute Gasteiger partial charge is 0.397 e.